The zero-order valence-corrected chi connectivity index (χ0v) is 15.1. The lowest BCUT2D eigenvalue weighted by Gasteiger charge is -2.34. The summed E-state index contributed by atoms with van der Waals surface area (Å²) in [5.74, 6) is 0. The van der Waals surface area contributed by atoms with Gasteiger partial charge in [-0.1, -0.05) is 42.3 Å². The van der Waals surface area contributed by atoms with E-state index in [9.17, 15) is 0 Å². The highest BCUT2D eigenvalue weighted by Gasteiger charge is 2.18. The van der Waals surface area contributed by atoms with Crippen LogP contribution < -0.4 is 10.2 Å². The van der Waals surface area contributed by atoms with Crippen LogP contribution in [0.1, 0.15) is 58.6 Å². The summed E-state index contributed by atoms with van der Waals surface area (Å²) in [5.41, 5.74) is 2.75. The van der Waals surface area contributed by atoms with E-state index < -0.39 is 0 Å². The van der Waals surface area contributed by atoms with Crippen molar-refractivity contribution in [2.24, 2.45) is 0 Å². The molecular weight excluding hydrogens is 312 g/mol. The summed E-state index contributed by atoms with van der Waals surface area (Å²) in [7, 11) is 2.02. The molecule has 0 amide bonds. The van der Waals surface area contributed by atoms with E-state index in [0.29, 0.717) is 12.1 Å². The molecule has 20 heavy (non-hydrogen) atoms. The maximum absolute atomic E-state index is 3.63. The van der Waals surface area contributed by atoms with Crippen molar-refractivity contribution in [2.45, 2.75) is 59.0 Å². The van der Waals surface area contributed by atoms with Gasteiger partial charge in [-0.25, -0.2) is 0 Å². The maximum atomic E-state index is 3.63. The quantitative estimate of drug-likeness (QED) is 0.705. The highest BCUT2D eigenvalue weighted by molar-refractivity contribution is 9.10. The summed E-state index contributed by atoms with van der Waals surface area (Å²) in [6.07, 6.45) is 3.64. The van der Waals surface area contributed by atoms with Gasteiger partial charge in [0.05, 0.1) is 0 Å². The molecule has 0 heterocycles. The van der Waals surface area contributed by atoms with Crippen molar-refractivity contribution in [3.05, 3.63) is 28.2 Å². The second kappa shape index (κ2) is 8.68. The Kier molecular flexibility index (Phi) is 7.60. The van der Waals surface area contributed by atoms with Crippen molar-refractivity contribution < 1.29 is 0 Å². The fraction of sp³-hybridized carbons (Fsp3) is 0.647. The Morgan fingerprint density at radius 2 is 1.95 bits per heavy atom. The number of nitrogens with one attached hydrogen (secondary N) is 1. The van der Waals surface area contributed by atoms with E-state index in [2.05, 4.69) is 72.0 Å². The molecule has 0 aliphatic carbocycles. The van der Waals surface area contributed by atoms with Crippen molar-refractivity contribution in [1.82, 2.24) is 5.32 Å². The van der Waals surface area contributed by atoms with E-state index >= 15 is 0 Å². The van der Waals surface area contributed by atoms with E-state index in [1.807, 2.05) is 7.05 Å². The monoisotopic (exact) mass is 340 g/mol. The van der Waals surface area contributed by atoms with Crippen LogP contribution in [0.3, 0.4) is 0 Å². The first kappa shape index (κ1) is 17.5. The third-order valence-electron chi connectivity index (χ3n) is 4.08. The Morgan fingerprint density at radius 1 is 1.25 bits per heavy atom. The molecule has 2 unspecified atom stereocenters. The molecule has 0 fully saturated rings. The lowest BCUT2D eigenvalue weighted by Crippen LogP contribution is -2.35. The van der Waals surface area contributed by atoms with E-state index in [4.69, 9.17) is 0 Å². The van der Waals surface area contributed by atoms with Gasteiger partial charge in [-0.2, -0.15) is 0 Å². The van der Waals surface area contributed by atoms with Gasteiger partial charge in [0.25, 0.3) is 0 Å². The number of rotatable bonds is 8. The molecule has 3 heteroatoms. The predicted octanol–water partition coefficient (Wildman–Crippen LogP) is 5.13. The Bertz CT molecular complexity index is 406. The van der Waals surface area contributed by atoms with Gasteiger partial charge >= 0.3 is 0 Å². The van der Waals surface area contributed by atoms with Crippen LogP contribution in [0.15, 0.2) is 22.7 Å². The maximum Gasteiger partial charge on any atom is 0.0428 e. The van der Waals surface area contributed by atoms with Gasteiger partial charge in [0.1, 0.15) is 0 Å². The molecule has 0 aliphatic rings. The van der Waals surface area contributed by atoms with Gasteiger partial charge in [0.2, 0.25) is 0 Å². The molecule has 0 radical (unpaired) electrons. The Labute approximate surface area is 133 Å². The molecule has 114 valence electrons. The van der Waals surface area contributed by atoms with Gasteiger partial charge in [0, 0.05) is 28.8 Å². The minimum atomic E-state index is 0.367. The summed E-state index contributed by atoms with van der Waals surface area (Å²) < 4.78 is 1.16. The average Bonchev–Trinajstić information content (AvgIpc) is 2.46. The van der Waals surface area contributed by atoms with E-state index in [1.54, 1.807) is 0 Å². The Hall–Kier alpha value is -0.540. The highest BCUT2D eigenvalue weighted by Crippen LogP contribution is 2.31. The number of hydrogen-bond donors (Lipinski definition) is 1. The van der Waals surface area contributed by atoms with Crippen LogP contribution in [0.2, 0.25) is 0 Å². The number of unbranched alkanes of at least 4 members (excludes halogenated alkanes) is 1. The molecular formula is C17H29BrN2. The second-order valence-electron chi connectivity index (χ2n) is 5.52. The van der Waals surface area contributed by atoms with Crippen LogP contribution in [-0.2, 0) is 0 Å². The molecule has 2 nitrogen and oxygen atoms in total. The number of anilines is 1. The molecule has 1 aromatic rings. The first-order chi connectivity index (χ1) is 9.54. The number of hydrogen-bond acceptors (Lipinski definition) is 2. The van der Waals surface area contributed by atoms with Gasteiger partial charge in [0.15, 0.2) is 0 Å². The van der Waals surface area contributed by atoms with E-state index in [-0.39, 0.29) is 0 Å². The molecule has 0 aromatic heterocycles. The van der Waals surface area contributed by atoms with Crippen LogP contribution in [0.5, 0.6) is 0 Å². The van der Waals surface area contributed by atoms with Crippen LogP contribution in [0, 0.1) is 0 Å². The smallest absolute Gasteiger partial charge is 0.0428 e. The van der Waals surface area contributed by atoms with Crippen molar-refractivity contribution in [1.29, 1.82) is 0 Å². The van der Waals surface area contributed by atoms with E-state index in [0.717, 1.165) is 11.0 Å². The Balaban J connectivity index is 3.18. The summed E-state index contributed by atoms with van der Waals surface area (Å²) in [4.78, 5) is 2.57. The lowest BCUT2D eigenvalue weighted by atomic mass is 10.0. The lowest BCUT2D eigenvalue weighted by molar-refractivity contribution is 0.583. The minimum Gasteiger partial charge on any atom is -0.369 e. The molecule has 0 aliphatic heterocycles. The fourth-order valence-electron chi connectivity index (χ4n) is 2.41. The van der Waals surface area contributed by atoms with Crippen molar-refractivity contribution in [2.75, 3.05) is 18.5 Å². The third-order valence-corrected chi connectivity index (χ3v) is 4.57. The first-order valence-electron chi connectivity index (χ1n) is 7.78. The molecule has 1 aromatic carbocycles. The fourth-order valence-corrected chi connectivity index (χ4v) is 2.76. The molecule has 0 saturated carbocycles. The SMILES string of the molecule is CCCCN(c1cc(Br)ccc1C(C)NC)C(C)CC. The molecule has 2 atom stereocenters. The van der Waals surface area contributed by atoms with Gasteiger partial charge in [-0.15, -0.1) is 0 Å². The predicted molar refractivity (Wildman–Crippen MR) is 93.6 cm³/mol. The van der Waals surface area contributed by atoms with Crippen LogP contribution >= 0.6 is 15.9 Å². The minimum absolute atomic E-state index is 0.367. The molecule has 1 N–H and O–H groups in total. The highest BCUT2D eigenvalue weighted by atomic mass is 79.9. The molecule has 0 saturated heterocycles. The third kappa shape index (κ3) is 4.49. The number of halogens is 1. The molecule has 1 rings (SSSR count). The van der Waals surface area contributed by atoms with Gasteiger partial charge < -0.3 is 10.2 Å². The van der Waals surface area contributed by atoms with Gasteiger partial charge in [-0.3, -0.25) is 0 Å². The topological polar surface area (TPSA) is 15.3 Å². The first-order valence-corrected chi connectivity index (χ1v) is 8.57. The van der Waals surface area contributed by atoms with Crippen LogP contribution in [0.25, 0.3) is 0 Å². The largest absolute Gasteiger partial charge is 0.369 e. The van der Waals surface area contributed by atoms with Crippen molar-refractivity contribution >= 4 is 21.6 Å². The van der Waals surface area contributed by atoms with Crippen LogP contribution in [-0.4, -0.2) is 19.6 Å². The van der Waals surface area contributed by atoms with Crippen molar-refractivity contribution in [3.8, 4) is 0 Å². The van der Waals surface area contributed by atoms with Gasteiger partial charge in [-0.05, 0) is 51.4 Å². The number of benzene rings is 1. The van der Waals surface area contributed by atoms with Crippen molar-refractivity contribution in [3.63, 3.8) is 0 Å². The summed E-state index contributed by atoms with van der Waals surface area (Å²) in [5, 5.41) is 3.37. The number of nitrogens with zero attached hydrogens (tertiary/aromatic N) is 1. The summed E-state index contributed by atoms with van der Waals surface area (Å²) >= 11 is 3.63. The zero-order valence-electron chi connectivity index (χ0n) is 13.5. The van der Waals surface area contributed by atoms with Crippen LogP contribution in [0.4, 0.5) is 5.69 Å². The average molecular weight is 341 g/mol. The normalized spacial score (nSPS) is 14.1. The summed E-state index contributed by atoms with van der Waals surface area (Å²) in [6.45, 7) is 10.2. The standard InChI is InChI=1S/C17H29BrN2/c1-6-8-11-20(13(3)7-2)17-12-15(18)9-10-16(17)14(4)19-5/h9-10,12-14,19H,6-8,11H2,1-5H3. The second-order valence-corrected chi connectivity index (χ2v) is 6.43. The van der Waals surface area contributed by atoms with E-state index in [1.165, 1.54) is 30.5 Å². The summed E-state index contributed by atoms with van der Waals surface area (Å²) in [6, 6.07) is 7.58. The zero-order chi connectivity index (χ0) is 15.1. The molecule has 0 bridgehead atoms. The Morgan fingerprint density at radius 3 is 2.50 bits per heavy atom. The molecule has 0 spiro atoms.